The zero-order chi connectivity index (χ0) is 11.2. The van der Waals surface area contributed by atoms with Crippen LogP contribution >= 0.6 is 0 Å². The van der Waals surface area contributed by atoms with E-state index in [0.29, 0.717) is 0 Å². The number of rotatable bonds is 3. The molecular weight excluding hydrogens is 200 g/mol. The summed E-state index contributed by atoms with van der Waals surface area (Å²) in [5.41, 5.74) is 2.02. The minimum Gasteiger partial charge on any atom is -0.379 e. The van der Waals surface area contributed by atoms with Crippen LogP contribution in [-0.2, 0) is 11.2 Å². The summed E-state index contributed by atoms with van der Waals surface area (Å²) in [5, 5.41) is 0. The molecular formula is C13H16N2O. The summed E-state index contributed by atoms with van der Waals surface area (Å²) in [6.45, 7) is 11.8. The van der Waals surface area contributed by atoms with Crippen molar-refractivity contribution in [2.24, 2.45) is 0 Å². The van der Waals surface area contributed by atoms with E-state index in [9.17, 15) is 0 Å². The van der Waals surface area contributed by atoms with Gasteiger partial charge in [0.2, 0.25) is 0 Å². The summed E-state index contributed by atoms with van der Waals surface area (Å²) in [6, 6.07) is 7.88. The van der Waals surface area contributed by atoms with Crippen LogP contribution < -0.4 is 0 Å². The molecule has 84 valence electrons. The smallest absolute Gasteiger partial charge is 0.187 e. The lowest BCUT2D eigenvalue weighted by Gasteiger charge is -2.26. The van der Waals surface area contributed by atoms with Gasteiger partial charge in [-0.25, -0.2) is 4.85 Å². The van der Waals surface area contributed by atoms with E-state index < -0.39 is 0 Å². The maximum absolute atomic E-state index is 6.88. The molecule has 1 aliphatic heterocycles. The minimum atomic E-state index is 0.718. The molecule has 0 aromatic heterocycles. The third kappa shape index (κ3) is 3.06. The van der Waals surface area contributed by atoms with E-state index in [4.69, 9.17) is 11.3 Å². The maximum atomic E-state index is 6.88. The zero-order valence-electron chi connectivity index (χ0n) is 9.35. The molecule has 0 N–H and O–H groups in total. The van der Waals surface area contributed by atoms with Gasteiger partial charge in [0.05, 0.1) is 19.8 Å². The van der Waals surface area contributed by atoms with Gasteiger partial charge in [-0.05, 0) is 12.0 Å². The topological polar surface area (TPSA) is 16.8 Å². The summed E-state index contributed by atoms with van der Waals surface area (Å²) in [7, 11) is 0. The van der Waals surface area contributed by atoms with Crippen molar-refractivity contribution in [1.82, 2.24) is 4.90 Å². The van der Waals surface area contributed by atoms with Gasteiger partial charge in [-0.3, -0.25) is 4.90 Å². The second kappa shape index (κ2) is 5.64. The predicted octanol–water partition coefficient (Wildman–Crippen LogP) is 2.11. The highest BCUT2D eigenvalue weighted by Gasteiger charge is 2.09. The monoisotopic (exact) mass is 216 g/mol. The summed E-state index contributed by atoms with van der Waals surface area (Å²) in [5.74, 6) is 0. The van der Waals surface area contributed by atoms with Crippen LogP contribution in [0.1, 0.15) is 5.56 Å². The van der Waals surface area contributed by atoms with Gasteiger partial charge < -0.3 is 4.74 Å². The number of benzene rings is 1. The van der Waals surface area contributed by atoms with Crippen molar-refractivity contribution in [1.29, 1.82) is 0 Å². The van der Waals surface area contributed by atoms with Crippen molar-refractivity contribution < 1.29 is 4.74 Å². The highest BCUT2D eigenvalue weighted by molar-refractivity contribution is 5.45. The van der Waals surface area contributed by atoms with Gasteiger partial charge in [0.15, 0.2) is 5.69 Å². The first kappa shape index (κ1) is 11.1. The minimum absolute atomic E-state index is 0.718. The lowest BCUT2D eigenvalue weighted by atomic mass is 10.1. The summed E-state index contributed by atoms with van der Waals surface area (Å²) < 4.78 is 5.31. The fraction of sp³-hybridized carbons (Fsp3) is 0.462. The first-order valence-electron chi connectivity index (χ1n) is 5.65. The molecule has 3 heteroatoms. The van der Waals surface area contributed by atoms with Crippen LogP contribution in [0.25, 0.3) is 4.85 Å². The van der Waals surface area contributed by atoms with Crippen molar-refractivity contribution in [3.8, 4) is 0 Å². The average molecular weight is 216 g/mol. The Kier molecular flexibility index (Phi) is 3.92. The van der Waals surface area contributed by atoms with Crippen molar-refractivity contribution >= 4 is 5.69 Å². The van der Waals surface area contributed by atoms with Crippen LogP contribution in [0.4, 0.5) is 5.69 Å². The highest BCUT2D eigenvalue weighted by atomic mass is 16.5. The third-order valence-electron chi connectivity index (χ3n) is 2.89. The maximum Gasteiger partial charge on any atom is 0.187 e. The average Bonchev–Trinajstić information content (AvgIpc) is 2.38. The van der Waals surface area contributed by atoms with Crippen LogP contribution in [0, 0.1) is 6.57 Å². The molecule has 1 aliphatic rings. The first-order valence-corrected chi connectivity index (χ1v) is 5.65. The molecule has 16 heavy (non-hydrogen) atoms. The Labute approximate surface area is 96.5 Å². The van der Waals surface area contributed by atoms with Crippen molar-refractivity contribution in [3.63, 3.8) is 0 Å². The van der Waals surface area contributed by atoms with E-state index in [2.05, 4.69) is 9.74 Å². The second-order valence-electron chi connectivity index (χ2n) is 3.98. The molecule has 0 bridgehead atoms. The molecule has 0 unspecified atom stereocenters. The fourth-order valence-corrected chi connectivity index (χ4v) is 1.85. The molecule has 1 aromatic rings. The van der Waals surface area contributed by atoms with Crippen molar-refractivity contribution in [3.05, 3.63) is 41.2 Å². The molecule has 1 fully saturated rings. The molecule has 0 atom stereocenters. The molecule has 0 spiro atoms. The van der Waals surface area contributed by atoms with Gasteiger partial charge in [0, 0.05) is 19.6 Å². The number of ether oxygens (including phenoxy) is 1. The Balaban J connectivity index is 1.82. The standard InChI is InChI=1S/C13H16N2O/c1-14-13-4-2-12(3-5-13)6-7-15-8-10-16-11-9-15/h2-5H,6-11H2. The SMILES string of the molecule is [C-]#[N+]c1ccc(CCN2CCOCC2)cc1. The van der Waals surface area contributed by atoms with E-state index in [0.717, 1.165) is 45.0 Å². The Bertz CT molecular complexity index is 361. The lowest BCUT2D eigenvalue weighted by molar-refractivity contribution is 0.0384. The first-order chi connectivity index (χ1) is 7.88. The summed E-state index contributed by atoms with van der Waals surface area (Å²) >= 11 is 0. The molecule has 1 heterocycles. The fourth-order valence-electron chi connectivity index (χ4n) is 1.85. The summed E-state index contributed by atoms with van der Waals surface area (Å²) in [4.78, 5) is 5.81. The molecule has 0 aliphatic carbocycles. The highest BCUT2D eigenvalue weighted by Crippen LogP contribution is 2.13. The third-order valence-corrected chi connectivity index (χ3v) is 2.89. The number of hydrogen-bond donors (Lipinski definition) is 0. The van der Waals surface area contributed by atoms with Gasteiger partial charge in [-0.2, -0.15) is 0 Å². The van der Waals surface area contributed by atoms with E-state index in [1.54, 1.807) is 0 Å². The van der Waals surface area contributed by atoms with Crippen LogP contribution in [-0.4, -0.2) is 37.7 Å². The largest absolute Gasteiger partial charge is 0.379 e. The van der Waals surface area contributed by atoms with Gasteiger partial charge in [0.25, 0.3) is 0 Å². The number of hydrogen-bond acceptors (Lipinski definition) is 2. The Morgan fingerprint density at radius 3 is 2.50 bits per heavy atom. The molecule has 1 aromatic carbocycles. The Morgan fingerprint density at radius 2 is 1.88 bits per heavy atom. The second-order valence-corrected chi connectivity index (χ2v) is 3.98. The van der Waals surface area contributed by atoms with E-state index in [1.165, 1.54) is 5.56 Å². The van der Waals surface area contributed by atoms with Gasteiger partial charge >= 0.3 is 0 Å². The predicted molar refractivity (Wildman–Crippen MR) is 63.7 cm³/mol. The number of morpholine rings is 1. The van der Waals surface area contributed by atoms with Gasteiger partial charge in [-0.15, -0.1) is 0 Å². The van der Waals surface area contributed by atoms with E-state index in [1.807, 2.05) is 24.3 Å². The number of nitrogens with zero attached hydrogens (tertiary/aromatic N) is 2. The summed E-state index contributed by atoms with van der Waals surface area (Å²) in [6.07, 6.45) is 1.05. The lowest BCUT2D eigenvalue weighted by Crippen LogP contribution is -2.37. The molecule has 3 nitrogen and oxygen atoms in total. The quantitative estimate of drug-likeness (QED) is 0.720. The van der Waals surface area contributed by atoms with Crippen LogP contribution in [0.5, 0.6) is 0 Å². The van der Waals surface area contributed by atoms with E-state index in [-0.39, 0.29) is 0 Å². The molecule has 1 saturated heterocycles. The van der Waals surface area contributed by atoms with E-state index >= 15 is 0 Å². The molecule has 0 amide bonds. The van der Waals surface area contributed by atoms with Crippen molar-refractivity contribution in [2.45, 2.75) is 6.42 Å². The Morgan fingerprint density at radius 1 is 1.19 bits per heavy atom. The molecule has 0 saturated carbocycles. The van der Waals surface area contributed by atoms with Crippen LogP contribution in [0.3, 0.4) is 0 Å². The van der Waals surface area contributed by atoms with Crippen LogP contribution in [0.15, 0.2) is 24.3 Å². The van der Waals surface area contributed by atoms with Gasteiger partial charge in [-0.1, -0.05) is 24.3 Å². The Hall–Kier alpha value is -1.37. The normalized spacial score (nSPS) is 16.9. The van der Waals surface area contributed by atoms with Crippen LogP contribution in [0.2, 0.25) is 0 Å². The molecule has 0 radical (unpaired) electrons. The zero-order valence-corrected chi connectivity index (χ0v) is 9.35. The molecule has 2 rings (SSSR count). The van der Waals surface area contributed by atoms with Gasteiger partial charge in [0.1, 0.15) is 0 Å². The van der Waals surface area contributed by atoms with Crippen molar-refractivity contribution in [2.75, 3.05) is 32.8 Å².